The third kappa shape index (κ3) is 2.17. The molecule has 0 radical (unpaired) electrons. The Morgan fingerprint density at radius 2 is 2.31 bits per heavy atom. The molecule has 16 heavy (non-hydrogen) atoms. The molecule has 4 nitrogen and oxygen atoms in total. The first-order chi connectivity index (χ1) is 7.70. The normalized spacial score (nSPS) is 12.9. The van der Waals surface area contributed by atoms with E-state index in [9.17, 15) is 0 Å². The molecule has 4 heteroatoms. The van der Waals surface area contributed by atoms with Crippen LogP contribution in [0.25, 0.3) is 0 Å². The molecule has 0 aromatic carbocycles. The predicted octanol–water partition coefficient (Wildman–Crippen LogP) is 1.82. The summed E-state index contributed by atoms with van der Waals surface area (Å²) in [6, 6.07) is 4.31. The molecule has 0 aliphatic heterocycles. The highest BCUT2D eigenvalue weighted by Crippen LogP contribution is 2.21. The van der Waals surface area contributed by atoms with Crippen LogP contribution in [-0.4, -0.2) is 16.8 Å². The van der Waals surface area contributed by atoms with Crippen LogP contribution in [0.4, 0.5) is 0 Å². The van der Waals surface area contributed by atoms with Crippen molar-refractivity contribution in [1.29, 1.82) is 0 Å². The van der Waals surface area contributed by atoms with Crippen molar-refractivity contribution in [3.05, 3.63) is 41.6 Å². The van der Waals surface area contributed by atoms with E-state index in [1.807, 2.05) is 44.0 Å². The molecular weight excluding hydrogens is 202 g/mol. The average Bonchev–Trinajstić information content (AvgIpc) is 2.84. The zero-order valence-corrected chi connectivity index (χ0v) is 9.90. The van der Waals surface area contributed by atoms with Gasteiger partial charge in [0.25, 0.3) is 0 Å². The van der Waals surface area contributed by atoms with Gasteiger partial charge in [-0.2, -0.15) is 5.10 Å². The van der Waals surface area contributed by atoms with Gasteiger partial charge in [-0.15, -0.1) is 0 Å². The molecule has 0 amide bonds. The van der Waals surface area contributed by atoms with Crippen LogP contribution in [-0.2, 0) is 13.5 Å². The molecular formula is C12H17N3O. The van der Waals surface area contributed by atoms with E-state index in [0.717, 1.165) is 17.9 Å². The number of likely N-dealkylation sites (N-methyl/N-ethyl adjacent to an activating group) is 1. The van der Waals surface area contributed by atoms with Gasteiger partial charge in [0.1, 0.15) is 5.76 Å². The predicted molar refractivity (Wildman–Crippen MR) is 62.2 cm³/mol. The SMILES string of the molecule is CNC(Cc1ccn(C)n1)c1ccoc1C. The maximum Gasteiger partial charge on any atom is 0.105 e. The van der Waals surface area contributed by atoms with Crippen LogP contribution in [0.2, 0.25) is 0 Å². The minimum Gasteiger partial charge on any atom is -0.469 e. The average molecular weight is 219 g/mol. The first-order valence-electron chi connectivity index (χ1n) is 5.40. The van der Waals surface area contributed by atoms with Crippen molar-refractivity contribution in [3.63, 3.8) is 0 Å². The van der Waals surface area contributed by atoms with Gasteiger partial charge in [-0.1, -0.05) is 0 Å². The quantitative estimate of drug-likeness (QED) is 0.853. The van der Waals surface area contributed by atoms with E-state index in [1.165, 1.54) is 5.56 Å². The van der Waals surface area contributed by atoms with Crippen LogP contribution in [0.5, 0.6) is 0 Å². The molecule has 2 aromatic rings. The molecule has 0 spiro atoms. The van der Waals surface area contributed by atoms with Gasteiger partial charge in [0, 0.05) is 31.3 Å². The van der Waals surface area contributed by atoms with Crippen LogP contribution >= 0.6 is 0 Å². The highest BCUT2D eigenvalue weighted by atomic mass is 16.3. The monoisotopic (exact) mass is 219 g/mol. The van der Waals surface area contributed by atoms with Gasteiger partial charge in [-0.3, -0.25) is 4.68 Å². The molecule has 1 unspecified atom stereocenters. The molecule has 0 aliphatic rings. The zero-order chi connectivity index (χ0) is 11.5. The van der Waals surface area contributed by atoms with Gasteiger partial charge in [-0.05, 0) is 26.1 Å². The molecule has 1 N–H and O–H groups in total. The molecule has 2 heterocycles. The highest BCUT2D eigenvalue weighted by molar-refractivity contribution is 5.22. The second kappa shape index (κ2) is 4.53. The molecule has 86 valence electrons. The summed E-state index contributed by atoms with van der Waals surface area (Å²) in [5.74, 6) is 0.968. The van der Waals surface area contributed by atoms with Crippen LogP contribution in [0.3, 0.4) is 0 Å². The molecule has 0 saturated heterocycles. The summed E-state index contributed by atoms with van der Waals surface area (Å²) >= 11 is 0. The first-order valence-corrected chi connectivity index (χ1v) is 5.40. The third-order valence-electron chi connectivity index (χ3n) is 2.80. The van der Waals surface area contributed by atoms with Crippen LogP contribution in [0.1, 0.15) is 23.1 Å². The smallest absolute Gasteiger partial charge is 0.105 e. The molecule has 1 atom stereocenters. The topological polar surface area (TPSA) is 43.0 Å². The van der Waals surface area contributed by atoms with Crippen molar-refractivity contribution in [2.75, 3.05) is 7.05 Å². The molecule has 2 aromatic heterocycles. The standard InChI is InChI=1S/C12H17N3O/c1-9-11(5-7-16-9)12(13-2)8-10-4-6-15(3)14-10/h4-7,12-13H,8H2,1-3H3. The van der Waals surface area contributed by atoms with Crippen molar-refractivity contribution in [2.24, 2.45) is 7.05 Å². The maximum absolute atomic E-state index is 5.32. The van der Waals surface area contributed by atoms with Gasteiger partial charge in [0.15, 0.2) is 0 Å². The van der Waals surface area contributed by atoms with E-state index >= 15 is 0 Å². The van der Waals surface area contributed by atoms with Crippen molar-refractivity contribution in [2.45, 2.75) is 19.4 Å². The second-order valence-electron chi connectivity index (χ2n) is 3.96. The fourth-order valence-electron chi connectivity index (χ4n) is 1.90. The lowest BCUT2D eigenvalue weighted by molar-refractivity contribution is 0.509. The fourth-order valence-corrected chi connectivity index (χ4v) is 1.90. The van der Waals surface area contributed by atoms with E-state index in [-0.39, 0.29) is 6.04 Å². The number of aryl methyl sites for hydroxylation is 2. The number of aromatic nitrogens is 2. The van der Waals surface area contributed by atoms with Gasteiger partial charge in [0.2, 0.25) is 0 Å². The summed E-state index contributed by atoms with van der Waals surface area (Å²) < 4.78 is 7.15. The Kier molecular flexibility index (Phi) is 3.10. The van der Waals surface area contributed by atoms with Gasteiger partial charge in [-0.25, -0.2) is 0 Å². The highest BCUT2D eigenvalue weighted by Gasteiger charge is 2.15. The Labute approximate surface area is 95.3 Å². The van der Waals surface area contributed by atoms with Crippen LogP contribution in [0.15, 0.2) is 29.0 Å². The number of rotatable bonds is 4. The Balaban J connectivity index is 2.15. The Hall–Kier alpha value is -1.55. The van der Waals surface area contributed by atoms with E-state index < -0.39 is 0 Å². The van der Waals surface area contributed by atoms with Crippen molar-refractivity contribution >= 4 is 0 Å². The van der Waals surface area contributed by atoms with Crippen LogP contribution in [0, 0.1) is 6.92 Å². The second-order valence-corrected chi connectivity index (χ2v) is 3.96. The van der Waals surface area contributed by atoms with Crippen LogP contribution < -0.4 is 5.32 Å². The Morgan fingerprint density at radius 3 is 2.81 bits per heavy atom. The number of hydrogen-bond donors (Lipinski definition) is 1. The van der Waals surface area contributed by atoms with E-state index in [2.05, 4.69) is 10.4 Å². The number of furan rings is 1. The lowest BCUT2D eigenvalue weighted by atomic mass is 10.0. The Morgan fingerprint density at radius 1 is 1.50 bits per heavy atom. The van der Waals surface area contributed by atoms with E-state index in [1.54, 1.807) is 6.26 Å². The number of nitrogens with zero attached hydrogens (tertiary/aromatic N) is 2. The number of nitrogens with one attached hydrogen (secondary N) is 1. The summed E-state index contributed by atoms with van der Waals surface area (Å²) in [7, 11) is 3.89. The first kappa shape index (κ1) is 11.0. The maximum atomic E-state index is 5.32. The minimum atomic E-state index is 0.258. The van der Waals surface area contributed by atoms with E-state index in [4.69, 9.17) is 4.42 Å². The summed E-state index contributed by atoms with van der Waals surface area (Å²) in [5.41, 5.74) is 2.29. The summed E-state index contributed by atoms with van der Waals surface area (Å²) in [5, 5.41) is 7.68. The largest absolute Gasteiger partial charge is 0.469 e. The number of hydrogen-bond acceptors (Lipinski definition) is 3. The fraction of sp³-hybridized carbons (Fsp3) is 0.417. The molecule has 0 fully saturated rings. The van der Waals surface area contributed by atoms with Crippen molar-refractivity contribution in [3.8, 4) is 0 Å². The van der Waals surface area contributed by atoms with Crippen molar-refractivity contribution in [1.82, 2.24) is 15.1 Å². The summed E-state index contributed by atoms with van der Waals surface area (Å²) in [6.07, 6.45) is 4.56. The van der Waals surface area contributed by atoms with Gasteiger partial charge in [0.05, 0.1) is 12.0 Å². The third-order valence-corrected chi connectivity index (χ3v) is 2.80. The minimum absolute atomic E-state index is 0.258. The molecule has 0 saturated carbocycles. The molecule has 0 bridgehead atoms. The summed E-state index contributed by atoms with van der Waals surface area (Å²) in [4.78, 5) is 0. The zero-order valence-electron chi connectivity index (χ0n) is 9.90. The summed E-state index contributed by atoms with van der Waals surface area (Å²) in [6.45, 7) is 1.98. The van der Waals surface area contributed by atoms with E-state index in [0.29, 0.717) is 0 Å². The molecule has 0 aliphatic carbocycles. The lowest BCUT2D eigenvalue weighted by Crippen LogP contribution is -2.19. The molecule has 2 rings (SSSR count). The lowest BCUT2D eigenvalue weighted by Gasteiger charge is -2.13. The van der Waals surface area contributed by atoms with Gasteiger partial charge < -0.3 is 9.73 Å². The van der Waals surface area contributed by atoms with Gasteiger partial charge >= 0.3 is 0 Å². The Bertz CT molecular complexity index is 458. The van der Waals surface area contributed by atoms with Crippen molar-refractivity contribution < 1.29 is 4.42 Å².